The van der Waals surface area contributed by atoms with Crippen molar-refractivity contribution in [1.29, 1.82) is 0 Å². The molecule has 1 heterocycles. The Hall–Kier alpha value is -2.50. The molecule has 1 fully saturated rings. The molecule has 0 N–H and O–H groups in total. The maximum atomic E-state index is 13.4. The molecule has 0 atom stereocenters. The van der Waals surface area contributed by atoms with Gasteiger partial charge in [0.25, 0.3) is 0 Å². The van der Waals surface area contributed by atoms with E-state index in [2.05, 4.69) is 29.2 Å². The van der Waals surface area contributed by atoms with Crippen LogP contribution in [0.5, 0.6) is 0 Å². The second-order valence-corrected chi connectivity index (χ2v) is 11.4. The van der Waals surface area contributed by atoms with Gasteiger partial charge in [0.05, 0.1) is 4.90 Å². The van der Waals surface area contributed by atoms with Crippen molar-refractivity contribution in [3.63, 3.8) is 0 Å². The first-order chi connectivity index (χ1) is 16.8. The first kappa shape index (κ1) is 24.2. The third-order valence-electron chi connectivity index (χ3n) is 6.59. The molecule has 6 nitrogen and oxygen atoms in total. The fourth-order valence-corrected chi connectivity index (χ4v) is 6.39. The Balaban J connectivity index is 1.18. The van der Waals surface area contributed by atoms with E-state index in [1.807, 2.05) is 52.9 Å². The molecule has 35 heavy (non-hydrogen) atoms. The average molecular weight is 606 g/mol. The van der Waals surface area contributed by atoms with Crippen LogP contribution in [0.4, 0.5) is 8.68 Å². The number of carbonyl (C=O) groups excluding carboxylic acids is 1. The Bertz CT molecular complexity index is 1330. The van der Waals surface area contributed by atoms with Crippen LogP contribution in [0.3, 0.4) is 0 Å². The lowest BCUT2D eigenvalue weighted by molar-refractivity contribution is 0.0728. The molecule has 0 unspecified atom stereocenters. The van der Waals surface area contributed by atoms with Crippen LogP contribution in [0.25, 0.3) is 11.1 Å². The number of nitrogens with zero attached hydrogens (tertiary/aromatic N) is 2. The van der Waals surface area contributed by atoms with Crippen LogP contribution in [0.1, 0.15) is 22.6 Å². The average Bonchev–Trinajstić information content (AvgIpc) is 3.16. The Morgan fingerprint density at radius 2 is 1.54 bits per heavy atom. The second kappa shape index (κ2) is 9.87. The van der Waals surface area contributed by atoms with Crippen LogP contribution in [-0.2, 0) is 21.5 Å². The minimum absolute atomic E-state index is 0.0224. The summed E-state index contributed by atoms with van der Waals surface area (Å²) in [4.78, 5) is 16.3. The van der Waals surface area contributed by atoms with E-state index in [1.54, 1.807) is 4.90 Å². The third-order valence-corrected chi connectivity index (χ3v) is 8.01. The summed E-state index contributed by atoms with van der Waals surface area (Å²) < 4.78 is 42.5. The third kappa shape index (κ3) is 5.22. The molecule has 0 aromatic heterocycles. The highest BCUT2D eigenvalue weighted by molar-refractivity contribution is 14.1. The maximum absolute atomic E-state index is 13.4. The maximum Gasteiger partial charge on any atom is 0.409 e. The van der Waals surface area contributed by atoms with Gasteiger partial charge in [-0.15, -0.1) is 3.89 Å². The van der Waals surface area contributed by atoms with Crippen molar-refractivity contribution in [2.45, 2.75) is 17.4 Å². The Morgan fingerprint density at radius 3 is 2.14 bits per heavy atom. The highest BCUT2D eigenvalue weighted by atomic mass is 127. The number of carbonyl (C=O) groups is 1. The lowest BCUT2D eigenvalue weighted by Crippen LogP contribution is -2.48. The molecular formula is C26H24FIN2O4S. The highest BCUT2D eigenvalue weighted by Gasteiger charge is 2.30. The molecule has 1 aliphatic carbocycles. The van der Waals surface area contributed by atoms with Crippen LogP contribution in [0.2, 0.25) is 0 Å². The minimum atomic E-state index is -4.75. The van der Waals surface area contributed by atoms with Crippen molar-refractivity contribution in [3.05, 3.63) is 87.0 Å². The van der Waals surface area contributed by atoms with Crippen molar-refractivity contribution < 1.29 is 21.8 Å². The Morgan fingerprint density at radius 1 is 0.943 bits per heavy atom. The molecule has 2 aliphatic rings. The van der Waals surface area contributed by atoms with E-state index < -0.39 is 10.2 Å². The molecule has 0 saturated carbocycles. The van der Waals surface area contributed by atoms with Gasteiger partial charge in [0.1, 0.15) is 6.61 Å². The fraction of sp³-hybridized carbons (Fsp3) is 0.269. The molecule has 9 heteroatoms. The Kier molecular flexibility index (Phi) is 6.82. The van der Waals surface area contributed by atoms with E-state index in [0.29, 0.717) is 36.3 Å². The number of hydrogen-bond acceptors (Lipinski definition) is 5. The van der Waals surface area contributed by atoms with Gasteiger partial charge in [0, 0.05) is 42.2 Å². The van der Waals surface area contributed by atoms with Gasteiger partial charge in [-0.3, -0.25) is 4.90 Å². The number of benzene rings is 3. The zero-order chi connectivity index (χ0) is 24.6. The number of rotatable bonds is 5. The summed E-state index contributed by atoms with van der Waals surface area (Å²) in [5.41, 5.74) is 5.47. The predicted molar refractivity (Wildman–Crippen MR) is 139 cm³/mol. The first-order valence-electron chi connectivity index (χ1n) is 11.4. The number of halogens is 2. The van der Waals surface area contributed by atoms with Crippen LogP contribution in [0.15, 0.2) is 71.6 Å². The molecule has 0 spiro atoms. The van der Waals surface area contributed by atoms with Gasteiger partial charge in [-0.1, -0.05) is 48.5 Å². The van der Waals surface area contributed by atoms with Gasteiger partial charge < -0.3 is 9.64 Å². The molecule has 1 saturated heterocycles. The highest BCUT2D eigenvalue weighted by Crippen LogP contribution is 2.44. The lowest BCUT2D eigenvalue weighted by Gasteiger charge is -2.34. The van der Waals surface area contributed by atoms with Gasteiger partial charge >= 0.3 is 16.3 Å². The van der Waals surface area contributed by atoms with Gasteiger partial charge in [-0.25, -0.2) is 4.79 Å². The number of piperazine rings is 1. The van der Waals surface area contributed by atoms with Crippen molar-refractivity contribution in [1.82, 2.24) is 9.80 Å². The van der Waals surface area contributed by atoms with E-state index in [4.69, 9.17) is 4.74 Å². The molecular weight excluding hydrogens is 582 g/mol. The molecule has 0 bridgehead atoms. The van der Waals surface area contributed by atoms with Crippen LogP contribution in [-0.4, -0.2) is 57.1 Å². The monoisotopic (exact) mass is 606 g/mol. The SMILES string of the molecule is O=C(OCC1c2ccccc2-c2ccccc21)N1CCN(Cc2cc(I)cc(S(=O)(=O)F)c2)CC1. The minimum Gasteiger partial charge on any atom is -0.448 e. The summed E-state index contributed by atoms with van der Waals surface area (Å²) in [6.45, 7) is 3.03. The smallest absolute Gasteiger partial charge is 0.409 e. The van der Waals surface area contributed by atoms with E-state index in [9.17, 15) is 17.1 Å². The van der Waals surface area contributed by atoms with E-state index in [-0.39, 0.29) is 23.5 Å². The van der Waals surface area contributed by atoms with Crippen molar-refractivity contribution in [3.8, 4) is 11.1 Å². The molecule has 0 radical (unpaired) electrons. The Labute approximate surface area is 218 Å². The van der Waals surface area contributed by atoms with Crippen LogP contribution >= 0.6 is 22.6 Å². The number of ether oxygens (including phenoxy) is 1. The molecule has 5 rings (SSSR count). The summed E-state index contributed by atoms with van der Waals surface area (Å²) in [5, 5.41) is 0. The van der Waals surface area contributed by atoms with Crippen LogP contribution < -0.4 is 0 Å². The summed E-state index contributed by atoms with van der Waals surface area (Å²) in [6.07, 6.45) is -0.327. The zero-order valence-corrected chi connectivity index (χ0v) is 21.8. The van der Waals surface area contributed by atoms with Gasteiger partial charge in [0.2, 0.25) is 0 Å². The van der Waals surface area contributed by atoms with Gasteiger partial charge in [0.15, 0.2) is 0 Å². The normalized spacial score (nSPS) is 16.1. The molecule has 3 aromatic carbocycles. The molecule has 3 aromatic rings. The summed E-state index contributed by atoms with van der Waals surface area (Å²) in [5.74, 6) is 0.0224. The van der Waals surface area contributed by atoms with Crippen molar-refractivity contribution >= 4 is 38.9 Å². The summed E-state index contributed by atoms with van der Waals surface area (Å²) in [6, 6.07) is 21.0. The lowest BCUT2D eigenvalue weighted by atomic mass is 9.98. The number of hydrogen-bond donors (Lipinski definition) is 0. The van der Waals surface area contributed by atoms with Gasteiger partial charge in [-0.2, -0.15) is 8.42 Å². The largest absolute Gasteiger partial charge is 0.448 e. The van der Waals surface area contributed by atoms with E-state index >= 15 is 0 Å². The quantitative estimate of drug-likeness (QED) is 0.302. The predicted octanol–water partition coefficient (Wildman–Crippen LogP) is 5.02. The van der Waals surface area contributed by atoms with E-state index in [0.717, 1.165) is 5.56 Å². The second-order valence-electron chi connectivity index (χ2n) is 8.80. The topological polar surface area (TPSA) is 66.9 Å². The molecule has 1 aliphatic heterocycles. The van der Waals surface area contributed by atoms with Crippen molar-refractivity contribution in [2.24, 2.45) is 0 Å². The molecule has 1 amide bonds. The van der Waals surface area contributed by atoms with Crippen LogP contribution in [0, 0.1) is 3.57 Å². The standard InChI is InChI=1S/C26H24FIN2O4S/c27-35(32,33)20-14-18(13-19(28)15-20)16-29-9-11-30(12-10-29)26(31)34-17-25-23-7-3-1-5-21(23)22-6-2-4-8-24(22)25/h1-8,13-15,25H,9-12,16-17H2. The van der Waals surface area contributed by atoms with E-state index in [1.165, 1.54) is 34.4 Å². The molecule has 182 valence electrons. The zero-order valence-electron chi connectivity index (χ0n) is 18.9. The first-order valence-corrected chi connectivity index (χ1v) is 13.8. The summed E-state index contributed by atoms with van der Waals surface area (Å²) in [7, 11) is -4.75. The fourth-order valence-electron chi connectivity index (χ4n) is 4.88. The number of fused-ring (bicyclic) bond motifs is 3. The van der Waals surface area contributed by atoms with Gasteiger partial charge in [-0.05, 0) is 68.6 Å². The van der Waals surface area contributed by atoms with Crippen molar-refractivity contribution in [2.75, 3.05) is 32.8 Å². The summed E-state index contributed by atoms with van der Waals surface area (Å²) >= 11 is 1.98. The number of amides is 1.